The largest absolute Gasteiger partial charge is 0.338 e. The molecule has 0 aromatic heterocycles. The molecule has 0 aliphatic heterocycles. The van der Waals surface area contributed by atoms with Gasteiger partial charge in [0.05, 0.1) is 12.5 Å². The SMILES string of the molecule is CCCCC(CC)CNC(=O)Nc1ccc(CC#N)cc1. The maximum absolute atomic E-state index is 11.8. The molecule has 0 aliphatic carbocycles. The van der Waals surface area contributed by atoms with Gasteiger partial charge in [-0.05, 0) is 30.0 Å². The van der Waals surface area contributed by atoms with E-state index < -0.39 is 0 Å². The lowest BCUT2D eigenvalue weighted by Crippen LogP contribution is -2.33. The molecule has 4 heteroatoms. The highest BCUT2D eigenvalue weighted by Gasteiger charge is 2.08. The Kier molecular flexibility index (Phi) is 7.96. The lowest BCUT2D eigenvalue weighted by Gasteiger charge is -2.15. The Labute approximate surface area is 127 Å². The molecule has 0 radical (unpaired) electrons. The monoisotopic (exact) mass is 287 g/mol. The van der Waals surface area contributed by atoms with E-state index in [1.165, 1.54) is 12.8 Å². The summed E-state index contributed by atoms with van der Waals surface area (Å²) in [5, 5.41) is 14.4. The fourth-order valence-electron chi connectivity index (χ4n) is 2.15. The van der Waals surface area contributed by atoms with Gasteiger partial charge in [-0.3, -0.25) is 0 Å². The number of hydrogen-bond donors (Lipinski definition) is 2. The number of hydrogen-bond acceptors (Lipinski definition) is 2. The molecule has 0 aliphatic rings. The number of nitriles is 1. The van der Waals surface area contributed by atoms with Crippen LogP contribution in [-0.2, 0) is 6.42 Å². The third-order valence-electron chi connectivity index (χ3n) is 3.59. The van der Waals surface area contributed by atoms with E-state index in [1.54, 1.807) is 0 Å². The van der Waals surface area contributed by atoms with E-state index in [9.17, 15) is 4.79 Å². The Morgan fingerprint density at radius 1 is 1.29 bits per heavy atom. The first-order valence-electron chi connectivity index (χ1n) is 7.70. The predicted molar refractivity (Wildman–Crippen MR) is 86.1 cm³/mol. The highest BCUT2D eigenvalue weighted by atomic mass is 16.2. The minimum Gasteiger partial charge on any atom is -0.338 e. The van der Waals surface area contributed by atoms with Crippen LogP contribution in [0.2, 0.25) is 0 Å². The number of amides is 2. The Balaban J connectivity index is 2.37. The number of rotatable bonds is 8. The molecule has 1 unspecified atom stereocenters. The average Bonchev–Trinajstić information content (AvgIpc) is 2.50. The number of carbonyl (C=O) groups is 1. The van der Waals surface area contributed by atoms with Crippen molar-refractivity contribution in [3.63, 3.8) is 0 Å². The summed E-state index contributed by atoms with van der Waals surface area (Å²) in [4.78, 5) is 11.8. The van der Waals surface area contributed by atoms with Crippen LogP contribution in [0.5, 0.6) is 0 Å². The molecule has 4 nitrogen and oxygen atoms in total. The Morgan fingerprint density at radius 3 is 2.57 bits per heavy atom. The Bertz CT molecular complexity index is 462. The van der Waals surface area contributed by atoms with E-state index in [0.717, 1.165) is 30.6 Å². The first-order chi connectivity index (χ1) is 10.2. The summed E-state index contributed by atoms with van der Waals surface area (Å²) in [7, 11) is 0. The summed E-state index contributed by atoms with van der Waals surface area (Å²) in [5.41, 5.74) is 1.70. The van der Waals surface area contributed by atoms with Crippen LogP contribution in [0, 0.1) is 17.2 Å². The summed E-state index contributed by atoms with van der Waals surface area (Å²) in [6.45, 7) is 5.06. The zero-order valence-corrected chi connectivity index (χ0v) is 13.0. The molecule has 2 amide bonds. The predicted octanol–water partition coefficient (Wildman–Crippen LogP) is 4.09. The van der Waals surface area contributed by atoms with E-state index in [1.807, 2.05) is 24.3 Å². The van der Waals surface area contributed by atoms with Gasteiger partial charge in [-0.25, -0.2) is 4.79 Å². The third-order valence-corrected chi connectivity index (χ3v) is 3.59. The van der Waals surface area contributed by atoms with Crippen LogP contribution >= 0.6 is 0 Å². The van der Waals surface area contributed by atoms with Crippen LogP contribution in [0.1, 0.15) is 45.1 Å². The lowest BCUT2D eigenvalue weighted by atomic mass is 9.99. The maximum atomic E-state index is 11.8. The average molecular weight is 287 g/mol. The molecular weight excluding hydrogens is 262 g/mol. The zero-order chi connectivity index (χ0) is 15.5. The summed E-state index contributed by atoms with van der Waals surface area (Å²) in [6, 6.07) is 9.28. The molecule has 1 rings (SSSR count). The van der Waals surface area contributed by atoms with Crippen LogP contribution < -0.4 is 10.6 Å². The van der Waals surface area contributed by atoms with Gasteiger partial charge in [0.25, 0.3) is 0 Å². The van der Waals surface area contributed by atoms with Crippen molar-refractivity contribution in [2.45, 2.75) is 46.0 Å². The van der Waals surface area contributed by atoms with Crippen molar-refractivity contribution in [1.82, 2.24) is 5.32 Å². The number of carbonyl (C=O) groups excluding carboxylic acids is 1. The van der Waals surface area contributed by atoms with Crippen LogP contribution in [0.15, 0.2) is 24.3 Å². The van der Waals surface area contributed by atoms with Crippen molar-refractivity contribution in [2.75, 3.05) is 11.9 Å². The van der Waals surface area contributed by atoms with Crippen molar-refractivity contribution >= 4 is 11.7 Å². The standard InChI is InChI=1S/C17H25N3O/c1-3-5-6-14(4-2)13-19-17(21)20-16-9-7-15(8-10-16)11-12-18/h7-10,14H,3-6,11,13H2,1-2H3,(H2,19,20,21). The van der Waals surface area contributed by atoms with Gasteiger partial charge >= 0.3 is 6.03 Å². The molecule has 1 aromatic rings. The van der Waals surface area contributed by atoms with Crippen molar-refractivity contribution in [3.8, 4) is 6.07 Å². The van der Waals surface area contributed by atoms with Gasteiger partial charge in [-0.15, -0.1) is 0 Å². The number of anilines is 1. The number of nitrogens with one attached hydrogen (secondary N) is 2. The summed E-state index contributed by atoms with van der Waals surface area (Å²) >= 11 is 0. The van der Waals surface area contributed by atoms with Gasteiger partial charge in [0, 0.05) is 12.2 Å². The van der Waals surface area contributed by atoms with Gasteiger partial charge in [0.1, 0.15) is 0 Å². The van der Waals surface area contributed by atoms with E-state index >= 15 is 0 Å². The number of unbranched alkanes of at least 4 members (excludes halogenated alkanes) is 1. The number of benzene rings is 1. The molecule has 0 saturated heterocycles. The molecular formula is C17H25N3O. The van der Waals surface area contributed by atoms with E-state index in [0.29, 0.717) is 12.3 Å². The maximum Gasteiger partial charge on any atom is 0.319 e. The van der Waals surface area contributed by atoms with Crippen LogP contribution in [-0.4, -0.2) is 12.6 Å². The Hall–Kier alpha value is -2.02. The topological polar surface area (TPSA) is 64.9 Å². The van der Waals surface area contributed by atoms with Gasteiger partial charge < -0.3 is 10.6 Å². The van der Waals surface area contributed by atoms with Crippen molar-refractivity contribution in [2.24, 2.45) is 5.92 Å². The highest BCUT2D eigenvalue weighted by Crippen LogP contribution is 2.12. The first-order valence-corrected chi connectivity index (χ1v) is 7.70. The fourth-order valence-corrected chi connectivity index (χ4v) is 2.15. The lowest BCUT2D eigenvalue weighted by molar-refractivity contribution is 0.249. The zero-order valence-electron chi connectivity index (χ0n) is 13.0. The van der Waals surface area contributed by atoms with Crippen molar-refractivity contribution in [3.05, 3.63) is 29.8 Å². The molecule has 1 atom stereocenters. The molecule has 0 saturated carbocycles. The van der Waals surface area contributed by atoms with E-state index in [4.69, 9.17) is 5.26 Å². The summed E-state index contributed by atoms with van der Waals surface area (Å²) < 4.78 is 0. The molecule has 1 aromatic carbocycles. The van der Waals surface area contributed by atoms with Gasteiger partial charge in [0.2, 0.25) is 0 Å². The Morgan fingerprint density at radius 2 is 2.00 bits per heavy atom. The molecule has 114 valence electrons. The van der Waals surface area contributed by atoms with Crippen molar-refractivity contribution < 1.29 is 4.79 Å². The summed E-state index contributed by atoms with van der Waals surface area (Å²) in [6.07, 6.45) is 5.04. The second kappa shape index (κ2) is 9.82. The third kappa shape index (κ3) is 6.80. The van der Waals surface area contributed by atoms with Gasteiger partial charge in [-0.1, -0.05) is 45.2 Å². The summed E-state index contributed by atoms with van der Waals surface area (Å²) in [5.74, 6) is 0.550. The molecule has 0 heterocycles. The van der Waals surface area contributed by atoms with Crippen LogP contribution in [0.4, 0.5) is 10.5 Å². The van der Waals surface area contributed by atoms with E-state index in [2.05, 4.69) is 30.6 Å². The fraction of sp³-hybridized carbons (Fsp3) is 0.529. The normalized spacial score (nSPS) is 11.5. The molecule has 0 fully saturated rings. The highest BCUT2D eigenvalue weighted by molar-refractivity contribution is 5.89. The second-order valence-corrected chi connectivity index (χ2v) is 5.28. The first kappa shape index (κ1) is 17.0. The molecule has 0 bridgehead atoms. The molecule has 0 spiro atoms. The smallest absolute Gasteiger partial charge is 0.319 e. The molecule has 21 heavy (non-hydrogen) atoms. The number of nitrogens with zero attached hydrogens (tertiary/aromatic N) is 1. The minimum atomic E-state index is -0.169. The van der Waals surface area contributed by atoms with Crippen molar-refractivity contribution in [1.29, 1.82) is 5.26 Å². The second-order valence-electron chi connectivity index (χ2n) is 5.28. The molecule has 2 N–H and O–H groups in total. The van der Waals surface area contributed by atoms with Gasteiger partial charge in [-0.2, -0.15) is 5.26 Å². The van der Waals surface area contributed by atoms with Crippen LogP contribution in [0.25, 0.3) is 0 Å². The quantitative estimate of drug-likeness (QED) is 0.756. The van der Waals surface area contributed by atoms with E-state index in [-0.39, 0.29) is 6.03 Å². The van der Waals surface area contributed by atoms with Crippen LogP contribution in [0.3, 0.4) is 0 Å². The minimum absolute atomic E-state index is 0.169. The number of urea groups is 1. The van der Waals surface area contributed by atoms with Gasteiger partial charge in [0.15, 0.2) is 0 Å².